The molecule has 0 aliphatic carbocycles. The molecule has 2 rings (SSSR count). The molecule has 7 N–H and O–H groups in total. The summed E-state index contributed by atoms with van der Waals surface area (Å²) < 4.78 is 45.0. The number of benzene rings is 2. The van der Waals surface area contributed by atoms with Gasteiger partial charge in [0.25, 0.3) is 5.91 Å². The summed E-state index contributed by atoms with van der Waals surface area (Å²) in [7, 11) is 0. The van der Waals surface area contributed by atoms with E-state index in [2.05, 4.69) is 16.0 Å². The van der Waals surface area contributed by atoms with Crippen molar-refractivity contribution in [1.82, 2.24) is 21.3 Å². The van der Waals surface area contributed by atoms with E-state index in [4.69, 9.17) is 10.5 Å². The molecule has 2 aromatic carbocycles. The second-order valence-electron chi connectivity index (χ2n) is 11.0. The van der Waals surface area contributed by atoms with Gasteiger partial charge in [0.2, 0.25) is 23.6 Å². The van der Waals surface area contributed by atoms with Crippen molar-refractivity contribution in [1.29, 1.82) is 0 Å². The number of aliphatic hydroxyl groups excluding tert-OH is 1. The number of amides is 5. The molecule has 2 aromatic rings. The number of nitrogens with one attached hydrogen (secondary N) is 4. The van der Waals surface area contributed by atoms with Crippen LogP contribution in [-0.4, -0.2) is 77.7 Å². The quantitative estimate of drug-likeness (QED) is 0.148. The lowest BCUT2D eigenvalue weighted by molar-refractivity contribution is -0.212. The largest absolute Gasteiger partial charge is 0.484 e. The number of ether oxygens (including phenoxy) is 1. The smallest absolute Gasteiger partial charge is 0.416 e. The molecule has 0 saturated carbocycles. The summed E-state index contributed by atoms with van der Waals surface area (Å²) in [6.45, 7) is 4.20. The van der Waals surface area contributed by atoms with E-state index in [1.807, 2.05) is 5.32 Å². The number of rotatable bonds is 17. The number of carbonyl (C=O) groups is 5. The van der Waals surface area contributed by atoms with Crippen LogP contribution in [-0.2, 0) is 30.4 Å². The van der Waals surface area contributed by atoms with Gasteiger partial charge in [-0.25, -0.2) is 0 Å². The summed E-state index contributed by atoms with van der Waals surface area (Å²) in [5.41, 5.74) is 5.65. The number of carbonyl (C=O) groups excluding carboxylic acids is 5. The van der Waals surface area contributed by atoms with Gasteiger partial charge in [-0.1, -0.05) is 62.4 Å². The third-order valence-corrected chi connectivity index (χ3v) is 6.79. The van der Waals surface area contributed by atoms with Crippen molar-refractivity contribution in [3.8, 4) is 5.75 Å². The fourth-order valence-corrected chi connectivity index (χ4v) is 4.26. The SMILES string of the molecule is CC(NC(=O)C(Cc1ccccc1)NC(=O)C(NC(=O)COc1ccccc1)C(C)C)C(=O)NC(CCC(N)=O)C(O)C(F)(F)F. The summed E-state index contributed by atoms with van der Waals surface area (Å²) in [5, 5.41) is 19.3. The molecule has 252 valence electrons. The molecule has 12 nitrogen and oxygen atoms in total. The Labute approximate surface area is 264 Å². The van der Waals surface area contributed by atoms with Gasteiger partial charge in [0.1, 0.15) is 23.9 Å². The molecule has 5 atom stereocenters. The molecular formula is C31H40F3N5O7. The van der Waals surface area contributed by atoms with Gasteiger partial charge >= 0.3 is 6.18 Å². The Morgan fingerprint density at radius 2 is 1.41 bits per heavy atom. The van der Waals surface area contributed by atoms with Crippen LogP contribution in [0.5, 0.6) is 5.75 Å². The lowest BCUT2D eigenvalue weighted by Crippen LogP contribution is -2.59. The third kappa shape index (κ3) is 12.8. The molecule has 0 heterocycles. The van der Waals surface area contributed by atoms with Crippen LogP contribution in [0.1, 0.15) is 39.2 Å². The molecule has 0 aliphatic rings. The lowest BCUT2D eigenvalue weighted by Gasteiger charge is -2.28. The van der Waals surface area contributed by atoms with Gasteiger partial charge in [0.05, 0.1) is 6.04 Å². The summed E-state index contributed by atoms with van der Waals surface area (Å²) in [5.74, 6) is -4.10. The van der Waals surface area contributed by atoms with Crippen molar-refractivity contribution in [3.05, 3.63) is 66.2 Å². The minimum Gasteiger partial charge on any atom is -0.484 e. The van der Waals surface area contributed by atoms with Crippen LogP contribution < -0.4 is 31.7 Å². The van der Waals surface area contributed by atoms with Gasteiger partial charge in [0.15, 0.2) is 12.7 Å². The van der Waals surface area contributed by atoms with Crippen molar-refractivity contribution in [3.63, 3.8) is 0 Å². The van der Waals surface area contributed by atoms with Crippen LogP contribution in [0.2, 0.25) is 0 Å². The maximum atomic E-state index is 13.4. The van der Waals surface area contributed by atoms with E-state index in [1.165, 1.54) is 6.92 Å². The predicted octanol–water partition coefficient (Wildman–Crippen LogP) is 1.11. The summed E-state index contributed by atoms with van der Waals surface area (Å²) in [6.07, 6.45) is -9.28. The molecule has 46 heavy (non-hydrogen) atoms. The number of aliphatic hydroxyl groups is 1. The Kier molecular flexibility index (Phi) is 14.5. The van der Waals surface area contributed by atoms with Crippen LogP contribution in [0, 0.1) is 5.92 Å². The molecule has 0 bridgehead atoms. The first-order valence-corrected chi connectivity index (χ1v) is 14.5. The first kappa shape index (κ1) is 37.5. The van der Waals surface area contributed by atoms with Crippen molar-refractivity contribution in [2.75, 3.05) is 6.61 Å². The maximum Gasteiger partial charge on any atom is 0.416 e. The highest BCUT2D eigenvalue weighted by Crippen LogP contribution is 2.24. The number of nitrogens with two attached hydrogens (primary N) is 1. The predicted molar refractivity (Wildman–Crippen MR) is 161 cm³/mol. The molecule has 0 aromatic heterocycles. The highest BCUT2D eigenvalue weighted by Gasteiger charge is 2.44. The minimum atomic E-state index is -5.11. The molecule has 0 radical (unpaired) electrons. The molecule has 5 unspecified atom stereocenters. The fourth-order valence-electron chi connectivity index (χ4n) is 4.26. The molecule has 5 amide bonds. The highest BCUT2D eigenvalue weighted by molar-refractivity contribution is 5.94. The zero-order valence-electron chi connectivity index (χ0n) is 25.7. The molecule has 0 spiro atoms. The standard InChI is InChI=1S/C31H40F3N5O7/c1-18(2)26(39-25(41)17-46-21-12-8-5-9-13-21)30(45)38-23(16-20-10-6-4-7-11-20)29(44)36-19(3)28(43)37-22(14-15-24(35)40)27(42)31(32,33)34/h4-13,18-19,22-23,26-27,42H,14-17H2,1-3H3,(H2,35,40)(H,36,44)(H,37,43)(H,38,45)(H,39,41). The summed E-state index contributed by atoms with van der Waals surface area (Å²) in [4.78, 5) is 63.2. The van der Waals surface area contributed by atoms with E-state index in [1.54, 1.807) is 74.5 Å². The van der Waals surface area contributed by atoms with Crippen molar-refractivity contribution in [2.24, 2.45) is 11.7 Å². The number of primary amides is 1. The average Bonchev–Trinajstić information content (AvgIpc) is 3.00. The zero-order valence-corrected chi connectivity index (χ0v) is 25.7. The molecule has 15 heteroatoms. The topological polar surface area (TPSA) is 189 Å². The number of hydrogen-bond acceptors (Lipinski definition) is 7. The van der Waals surface area contributed by atoms with Gasteiger partial charge in [-0.2, -0.15) is 13.2 Å². The Bertz CT molecular complexity index is 1310. The summed E-state index contributed by atoms with van der Waals surface area (Å²) in [6, 6.07) is 11.5. The second kappa shape index (κ2) is 17.7. The van der Waals surface area contributed by atoms with Gasteiger partial charge in [-0.3, -0.25) is 24.0 Å². The summed E-state index contributed by atoms with van der Waals surface area (Å²) >= 11 is 0. The Balaban J connectivity index is 2.15. The number of alkyl halides is 3. The first-order valence-electron chi connectivity index (χ1n) is 14.5. The van der Waals surface area contributed by atoms with Crippen LogP contribution >= 0.6 is 0 Å². The Morgan fingerprint density at radius 1 is 0.826 bits per heavy atom. The van der Waals surface area contributed by atoms with Crippen molar-refractivity contribution < 1.29 is 47.0 Å². The number of hydrogen-bond donors (Lipinski definition) is 6. The van der Waals surface area contributed by atoms with Gasteiger partial charge in [-0.15, -0.1) is 0 Å². The number of halogens is 3. The van der Waals surface area contributed by atoms with Gasteiger partial charge < -0.3 is 36.8 Å². The molecular weight excluding hydrogens is 611 g/mol. The van der Waals surface area contributed by atoms with E-state index in [-0.39, 0.29) is 13.0 Å². The Hall–Kier alpha value is -4.66. The van der Waals surface area contributed by atoms with Crippen LogP contribution in [0.3, 0.4) is 0 Å². The normalized spacial score (nSPS) is 14.6. The molecule has 0 fully saturated rings. The van der Waals surface area contributed by atoms with Crippen molar-refractivity contribution in [2.45, 2.75) is 76.5 Å². The fraction of sp³-hybridized carbons (Fsp3) is 0.452. The third-order valence-electron chi connectivity index (χ3n) is 6.79. The monoisotopic (exact) mass is 651 g/mol. The maximum absolute atomic E-state index is 13.4. The van der Waals surface area contributed by atoms with Crippen LogP contribution in [0.4, 0.5) is 13.2 Å². The van der Waals surface area contributed by atoms with Crippen molar-refractivity contribution >= 4 is 29.5 Å². The lowest BCUT2D eigenvalue weighted by atomic mass is 10.0. The van der Waals surface area contributed by atoms with E-state index in [9.17, 15) is 42.3 Å². The number of para-hydroxylation sites is 1. The molecule has 0 saturated heterocycles. The van der Waals surface area contributed by atoms with E-state index >= 15 is 0 Å². The average molecular weight is 652 g/mol. The van der Waals surface area contributed by atoms with E-state index in [0.29, 0.717) is 11.3 Å². The van der Waals surface area contributed by atoms with Crippen LogP contribution in [0.15, 0.2) is 60.7 Å². The first-order chi connectivity index (χ1) is 21.6. The van der Waals surface area contributed by atoms with Gasteiger partial charge in [-0.05, 0) is 37.0 Å². The highest BCUT2D eigenvalue weighted by atomic mass is 19.4. The van der Waals surface area contributed by atoms with E-state index < -0.39 is 84.7 Å². The van der Waals surface area contributed by atoms with E-state index in [0.717, 1.165) is 0 Å². The van der Waals surface area contributed by atoms with Crippen LogP contribution in [0.25, 0.3) is 0 Å². The minimum absolute atomic E-state index is 0.0311. The molecule has 0 aliphatic heterocycles. The van der Waals surface area contributed by atoms with Gasteiger partial charge in [0, 0.05) is 12.8 Å². The Morgan fingerprint density at radius 3 is 1.96 bits per heavy atom. The zero-order chi connectivity index (χ0) is 34.4. The second-order valence-corrected chi connectivity index (χ2v) is 11.0.